The van der Waals surface area contributed by atoms with Crippen LogP contribution in [0.25, 0.3) is 11.0 Å². The molecule has 0 saturated heterocycles. The van der Waals surface area contributed by atoms with E-state index in [4.69, 9.17) is 4.98 Å². The van der Waals surface area contributed by atoms with E-state index in [0.717, 1.165) is 49.0 Å². The van der Waals surface area contributed by atoms with E-state index in [1.807, 2.05) is 18.2 Å². The highest BCUT2D eigenvalue weighted by molar-refractivity contribution is 7.09. The molecule has 2 saturated carbocycles. The average molecular weight is 480 g/mol. The van der Waals surface area contributed by atoms with Gasteiger partial charge in [-0.05, 0) is 60.7 Å². The second-order valence-corrected chi connectivity index (χ2v) is 11.1. The third-order valence-electron chi connectivity index (χ3n) is 7.73. The highest BCUT2D eigenvalue weighted by Gasteiger charge is 2.29. The smallest absolute Gasteiger partial charge is 0.326 e. The Balaban J connectivity index is 1.45. The Morgan fingerprint density at radius 2 is 2.00 bits per heavy atom. The Labute approximate surface area is 204 Å². The molecule has 0 aliphatic heterocycles. The minimum atomic E-state index is -0.963. The van der Waals surface area contributed by atoms with Gasteiger partial charge >= 0.3 is 5.97 Å². The van der Waals surface area contributed by atoms with Crippen molar-refractivity contribution in [1.29, 1.82) is 0 Å². The molecule has 5 rings (SSSR count). The van der Waals surface area contributed by atoms with E-state index in [1.54, 1.807) is 11.3 Å². The van der Waals surface area contributed by atoms with Crippen molar-refractivity contribution in [3.63, 3.8) is 0 Å². The second kappa shape index (κ2) is 9.90. The van der Waals surface area contributed by atoms with E-state index in [9.17, 15) is 14.7 Å². The maximum absolute atomic E-state index is 13.0. The van der Waals surface area contributed by atoms with Gasteiger partial charge in [0, 0.05) is 22.9 Å². The SMILES string of the molecule is C[C@@H]1CCCC[C@H]1n1c(Cc2cccs2)nc2cc(C(=O)NC(CC3CCC3)C(=O)O)ccc21. The standard InChI is InChI=1S/C27H33N3O3S/c1-17-6-2-3-10-23(17)30-24-12-11-19(15-21(24)28-25(30)16-20-9-5-13-34-20)26(31)29-22(27(32)33)14-18-7-4-8-18/h5,9,11-13,15,17-18,22-23H,2-4,6-8,10,14,16H2,1H3,(H,29,31)(H,32,33)/t17-,22?,23-/m1/s1. The number of benzene rings is 1. The Morgan fingerprint density at radius 1 is 1.18 bits per heavy atom. The molecule has 1 amide bonds. The number of amides is 1. The fourth-order valence-electron chi connectivity index (χ4n) is 5.56. The molecule has 3 atom stereocenters. The summed E-state index contributed by atoms with van der Waals surface area (Å²) in [5, 5.41) is 14.5. The van der Waals surface area contributed by atoms with Crippen LogP contribution in [0, 0.1) is 11.8 Å². The van der Waals surface area contributed by atoms with Crippen molar-refractivity contribution in [2.24, 2.45) is 11.8 Å². The fourth-order valence-corrected chi connectivity index (χ4v) is 6.26. The summed E-state index contributed by atoms with van der Waals surface area (Å²) in [6.45, 7) is 2.33. The molecule has 0 radical (unpaired) electrons. The number of aromatic nitrogens is 2. The van der Waals surface area contributed by atoms with Gasteiger partial charge in [0.15, 0.2) is 0 Å². The summed E-state index contributed by atoms with van der Waals surface area (Å²) in [5.74, 6) is 0.724. The van der Waals surface area contributed by atoms with Crippen molar-refractivity contribution in [3.05, 3.63) is 52.0 Å². The molecular weight excluding hydrogens is 446 g/mol. The molecule has 1 unspecified atom stereocenters. The highest BCUT2D eigenvalue weighted by Crippen LogP contribution is 2.37. The quantitative estimate of drug-likeness (QED) is 0.427. The van der Waals surface area contributed by atoms with Crippen LogP contribution in [0.15, 0.2) is 35.7 Å². The zero-order valence-corrected chi connectivity index (χ0v) is 20.5. The van der Waals surface area contributed by atoms with Crippen LogP contribution in [0.5, 0.6) is 0 Å². The summed E-state index contributed by atoms with van der Waals surface area (Å²) >= 11 is 1.74. The molecule has 3 aromatic rings. The number of fused-ring (bicyclic) bond motifs is 1. The number of imidazole rings is 1. The summed E-state index contributed by atoms with van der Waals surface area (Å²) in [7, 11) is 0. The molecule has 34 heavy (non-hydrogen) atoms. The van der Waals surface area contributed by atoms with Crippen LogP contribution in [0.2, 0.25) is 0 Å². The van der Waals surface area contributed by atoms with Crippen molar-refractivity contribution >= 4 is 34.2 Å². The van der Waals surface area contributed by atoms with Crippen LogP contribution < -0.4 is 5.32 Å². The minimum Gasteiger partial charge on any atom is -0.480 e. The van der Waals surface area contributed by atoms with Gasteiger partial charge in [-0.3, -0.25) is 4.79 Å². The van der Waals surface area contributed by atoms with Gasteiger partial charge in [0.05, 0.1) is 11.0 Å². The number of carbonyl (C=O) groups is 2. The predicted molar refractivity (Wildman–Crippen MR) is 134 cm³/mol. The molecule has 6 nitrogen and oxygen atoms in total. The van der Waals surface area contributed by atoms with E-state index < -0.39 is 12.0 Å². The average Bonchev–Trinajstić information content (AvgIpc) is 3.42. The lowest BCUT2D eigenvalue weighted by atomic mass is 9.81. The van der Waals surface area contributed by atoms with Gasteiger partial charge in [-0.2, -0.15) is 0 Å². The van der Waals surface area contributed by atoms with Gasteiger partial charge < -0.3 is 15.0 Å². The van der Waals surface area contributed by atoms with Crippen molar-refractivity contribution in [2.75, 3.05) is 0 Å². The summed E-state index contributed by atoms with van der Waals surface area (Å²) in [6, 6.07) is 9.43. The first-order valence-electron chi connectivity index (χ1n) is 12.6. The van der Waals surface area contributed by atoms with Crippen molar-refractivity contribution in [3.8, 4) is 0 Å². The van der Waals surface area contributed by atoms with Gasteiger partial charge in [0.1, 0.15) is 11.9 Å². The minimum absolute atomic E-state index is 0.339. The molecule has 2 N–H and O–H groups in total. The first-order chi connectivity index (χ1) is 16.5. The van der Waals surface area contributed by atoms with Crippen molar-refractivity contribution in [2.45, 2.75) is 76.8 Å². The van der Waals surface area contributed by atoms with Crippen LogP contribution in [0.4, 0.5) is 0 Å². The summed E-state index contributed by atoms with van der Waals surface area (Å²) in [4.78, 5) is 31.0. The van der Waals surface area contributed by atoms with Crippen LogP contribution in [-0.4, -0.2) is 32.6 Å². The summed E-state index contributed by atoms with van der Waals surface area (Å²) in [5.41, 5.74) is 2.34. The number of carboxylic acids is 1. The Morgan fingerprint density at radius 3 is 2.68 bits per heavy atom. The first kappa shape index (κ1) is 23.1. The lowest BCUT2D eigenvalue weighted by molar-refractivity contribution is -0.139. The number of hydrogen-bond donors (Lipinski definition) is 2. The zero-order chi connectivity index (χ0) is 23.7. The normalized spacial score (nSPS) is 21.8. The number of rotatable bonds is 8. The van der Waals surface area contributed by atoms with Crippen LogP contribution in [0.3, 0.4) is 0 Å². The summed E-state index contributed by atoms with van der Waals surface area (Å²) < 4.78 is 2.41. The van der Waals surface area contributed by atoms with E-state index in [-0.39, 0.29) is 5.91 Å². The first-order valence-corrected chi connectivity index (χ1v) is 13.4. The second-order valence-electron chi connectivity index (χ2n) is 10.1. The molecule has 0 bridgehead atoms. The molecule has 2 heterocycles. The zero-order valence-electron chi connectivity index (χ0n) is 19.7. The van der Waals surface area contributed by atoms with E-state index in [1.165, 1.54) is 24.1 Å². The van der Waals surface area contributed by atoms with Gasteiger partial charge in [0.2, 0.25) is 0 Å². The summed E-state index contributed by atoms with van der Waals surface area (Å²) in [6.07, 6.45) is 9.41. The Hall–Kier alpha value is -2.67. The monoisotopic (exact) mass is 479 g/mol. The van der Waals surface area contributed by atoms with Gasteiger partial charge in [0.25, 0.3) is 5.91 Å². The number of nitrogens with zero attached hydrogens (tertiary/aromatic N) is 2. The van der Waals surface area contributed by atoms with Crippen LogP contribution in [0.1, 0.15) is 85.4 Å². The van der Waals surface area contributed by atoms with Crippen LogP contribution >= 0.6 is 11.3 Å². The molecule has 2 aromatic heterocycles. The molecule has 0 spiro atoms. The van der Waals surface area contributed by atoms with Crippen molar-refractivity contribution < 1.29 is 14.7 Å². The maximum atomic E-state index is 13.0. The van der Waals surface area contributed by atoms with E-state index >= 15 is 0 Å². The van der Waals surface area contributed by atoms with E-state index in [0.29, 0.717) is 29.9 Å². The number of aliphatic carboxylic acids is 1. The molecule has 7 heteroatoms. The third kappa shape index (κ3) is 4.76. The fraction of sp³-hybridized carbons (Fsp3) is 0.519. The van der Waals surface area contributed by atoms with E-state index in [2.05, 4.69) is 34.3 Å². The lowest BCUT2D eigenvalue weighted by Crippen LogP contribution is -2.42. The Kier molecular flexibility index (Phi) is 6.73. The number of thiophene rings is 1. The topological polar surface area (TPSA) is 84.2 Å². The number of carboxylic acid groups (broad SMARTS) is 1. The number of carbonyl (C=O) groups excluding carboxylic acids is 1. The predicted octanol–water partition coefficient (Wildman–Crippen LogP) is 5.81. The number of nitrogens with one attached hydrogen (secondary N) is 1. The van der Waals surface area contributed by atoms with Crippen molar-refractivity contribution in [1.82, 2.24) is 14.9 Å². The molecule has 2 fully saturated rings. The third-order valence-corrected chi connectivity index (χ3v) is 8.61. The molecule has 1 aromatic carbocycles. The maximum Gasteiger partial charge on any atom is 0.326 e. The van der Waals surface area contributed by atoms with Gasteiger partial charge in [-0.15, -0.1) is 11.3 Å². The number of hydrogen-bond acceptors (Lipinski definition) is 4. The van der Waals surface area contributed by atoms with Gasteiger partial charge in [-0.1, -0.05) is 45.1 Å². The molecule has 2 aliphatic carbocycles. The Bertz CT molecular complexity index is 1170. The molecule has 2 aliphatic rings. The lowest BCUT2D eigenvalue weighted by Gasteiger charge is -2.31. The molecular formula is C27H33N3O3S. The largest absolute Gasteiger partial charge is 0.480 e. The molecule has 180 valence electrons. The highest BCUT2D eigenvalue weighted by atomic mass is 32.1. The van der Waals surface area contributed by atoms with Crippen LogP contribution in [-0.2, 0) is 11.2 Å². The van der Waals surface area contributed by atoms with Gasteiger partial charge in [-0.25, -0.2) is 9.78 Å².